The van der Waals surface area contributed by atoms with Crippen molar-refractivity contribution in [1.82, 2.24) is 0 Å². The first-order valence-corrected chi connectivity index (χ1v) is 43.1. The fourth-order valence-corrected chi connectivity index (χ4v) is 13.5. The van der Waals surface area contributed by atoms with Gasteiger partial charge >= 0.3 is 39.5 Å². The molecule has 0 radical (unpaired) electrons. The van der Waals surface area contributed by atoms with Gasteiger partial charge in [0.2, 0.25) is 0 Å². The van der Waals surface area contributed by atoms with E-state index in [0.717, 1.165) is 102 Å². The number of ether oxygens (including phenoxy) is 4. The summed E-state index contributed by atoms with van der Waals surface area (Å²) < 4.78 is 68.4. The Morgan fingerprint density at radius 3 is 0.708 bits per heavy atom. The number of aliphatic hydroxyl groups excluding tert-OH is 1. The fraction of sp³-hybridized carbons (Fsp3) is 0.948. The Balaban J connectivity index is 5.13. The highest BCUT2D eigenvalue weighted by Gasteiger charge is 2.30. The minimum Gasteiger partial charge on any atom is -0.462 e. The van der Waals surface area contributed by atoms with E-state index in [2.05, 4.69) is 34.6 Å². The van der Waals surface area contributed by atoms with Gasteiger partial charge < -0.3 is 33.8 Å². The molecule has 0 heterocycles. The van der Waals surface area contributed by atoms with Crippen LogP contribution in [0.25, 0.3) is 0 Å². The molecule has 0 bridgehead atoms. The van der Waals surface area contributed by atoms with Gasteiger partial charge in [0.15, 0.2) is 12.2 Å². The van der Waals surface area contributed by atoms with Gasteiger partial charge in [0.25, 0.3) is 0 Å². The third-order valence-corrected chi connectivity index (χ3v) is 19.9. The number of phosphoric ester groups is 2. The second kappa shape index (κ2) is 70.1. The Kier molecular flexibility index (Phi) is 68.7. The van der Waals surface area contributed by atoms with Crippen LogP contribution in [0.3, 0.4) is 0 Å². The molecule has 0 saturated carbocycles. The van der Waals surface area contributed by atoms with Gasteiger partial charge in [-0.05, 0) is 31.6 Å². The minimum absolute atomic E-state index is 0.108. The molecule has 17 nitrogen and oxygen atoms in total. The molecule has 0 aromatic heterocycles. The Morgan fingerprint density at radius 2 is 0.479 bits per heavy atom. The van der Waals surface area contributed by atoms with Gasteiger partial charge in [-0.2, -0.15) is 0 Å². The summed E-state index contributed by atoms with van der Waals surface area (Å²) in [6.07, 6.45) is 60.0. The molecule has 0 aromatic carbocycles. The molecule has 0 rings (SSSR count). The topological polar surface area (TPSA) is 237 Å². The van der Waals surface area contributed by atoms with Crippen LogP contribution in [0.15, 0.2) is 0 Å². The molecular weight excluding hydrogens is 1260 g/mol. The number of carbonyl (C=O) groups excluding carboxylic acids is 4. The Hall–Kier alpha value is -1.94. The van der Waals surface area contributed by atoms with Crippen molar-refractivity contribution < 1.29 is 80.2 Å². The van der Waals surface area contributed by atoms with E-state index in [4.69, 9.17) is 37.0 Å². The smallest absolute Gasteiger partial charge is 0.462 e. The first-order valence-electron chi connectivity index (χ1n) is 40.1. The lowest BCUT2D eigenvalue weighted by molar-refractivity contribution is -0.161. The quantitative estimate of drug-likeness (QED) is 0.0222. The average molecular weight is 1410 g/mol. The third-order valence-electron chi connectivity index (χ3n) is 18.0. The first kappa shape index (κ1) is 94.1. The number of hydrogen-bond acceptors (Lipinski definition) is 15. The number of unbranched alkanes of at least 4 members (excludes halogenated alkanes) is 49. The van der Waals surface area contributed by atoms with Crippen molar-refractivity contribution in [3.8, 4) is 0 Å². The highest BCUT2D eigenvalue weighted by Crippen LogP contribution is 2.45. The van der Waals surface area contributed by atoms with Crippen LogP contribution in [-0.4, -0.2) is 96.7 Å². The summed E-state index contributed by atoms with van der Waals surface area (Å²) >= 11 is 0. The lowest BCUT2D eigenvalue weighted by Crippen LogP contribution is -2.30. The molecule has 0 aliphatic carbocycles. The van der Waals surface area contributed by atoms with Crippen LogP contribution in [0.5, 0.6) is 0 Å². The zero-order valence-electron chi connectivity index (χ0n) is 62.5. The number of aliphatic hydroxyl groups is 1. The van der Waals surface area contributed by atoms with Crippen molar-refractivity contribution in [2.24, 2.45) is 5.92 Å². The maximum absolute atomic E-state index is 13.1. The molecular formula is C77H150O17P2. The molecule has 0 aliphatic rings. The highest BCUT2D eigenvalue weighted by atomic mass is 31.2. The Labute approximate surface area is 588 Å². The predicted molar refractivity (Wildman–Crippen MR) is 391 cm³/mol. The molecule has 570 valence electrons. The molecule has 0 fully saturated rings. The summed E-state index contributed by atoms with van der Waals surface area (Å²) in [5.41, 5.74) is 0. The van der Waals surface area contributed by atoms with E-state index >= 15 is 0 Å². The van der Waals surface area contributed by atoms with Gasteiger partial charge in [0, 0.05) is 25.7 Å². The van der Waals surface area contributed by atoms with Crippen molar-refractivity contribution in [2.75, 3.05) is 39.6 Å². The summed E-state index contributed by atoms with van der Waals surface area (Å²) in [4.78, 5) is 72.6. The molecule has 0 aliphatic heterocycles. The van der Waals surface area contributed by atoms with E-state index in [1.165, 1.54) is 225 Å². The summed E-state index contributed by atoms with van der Waals surface area (Å²) in [5.74, 6) is -1.33. The van der Waals surface area contributed by atoms with Gasteiger partial charge in [0.05, 0.1) is 26.4 Å². The number of rotatable bonds is 77. The minimum atomic E-state index is -4.96. The Bertz CT molecular complexity index is 1840. The molecule has 2 unspecified atom stereocenters. The molecule has 0 saturated heterocycles. The van der Waals surface area contributed by atoms with Gasteiger partial charge in [-0.1, -0.05) is 356 Å². The first-order chi connectivity index (χ1) is 46.5. The van der Waals surface area contributed by atoms with Crippen LogP contribution >= 0.6 is 15.6 Å². The third kappa shape index (κ3) is 70.5. The monoisotopic (exact) mass is 1410 g/mol. The fourth-order valence-electron chi connectivity index (χ4n) is 11.9. The van der Waals surface area contributed by atoms with Crippen molar-refractivity contribution in [3.63, 3.8) is 0 Å². The van der Waals surface area contributed by atoms with Gasteiger partial charge in [0.1, 0.15) is 19.3 Å². The second-order valence-corrected chi connectivity index (χ2v) is 31.1. The SMILES string of the molecule is CCCCCCCCCCCCCCCCCCCC(=O)OC[C@H](COP(=O)(O)OC[C@@H](O)COP(=O)(O)OC[C@@H](COC(=O)CCCCCCC)OC(=O)CCCCCCCCCCCCCCCCCCC)OC(=O)CCCCCCCCCCCCCCCCC(C)C. The maximum atomic E-state index is 13.1. The van der Waals surface area contributed by atoms with Crippen LogP contribution in [0.1, 0.15) is 407 Å². The normalized spacial score (nSPS) is 13.9. The van der Waals surface area contributed by atoms with E-state index < -0.39 is 97.5 Å². The van der Waals surface area contributed by atoms with Crippen molar-refractivity contribution >= 4 is 39.5 Å². The van der Waals surface area contributed by atoms with E-state index in [9.17, 15) is 43.2 Å². The van der Waals surface area contributed by atoms with Gasteiger partial charge in [-0.25, -0.2) is 9.13 Å². The largest absolute Gasteiger partial charge is 0.472 e. The van der Waals surface area contributed by atoms with Crippen LogP contribution in [0.4, 0.5) is 0 Å². The van der Waals surface area contributed by atoms with Crippen molar-refractivity contribution in [1.29, 1.82) is 0 Å². The summed E-state index contributed by atoms with van der Waals surface area (Å²) in [7, 11) is -9.90. The van der Waals surface area contributed by atoms with E-state index in [1.807, 2.05) is 0 Å². The van der Waals surface area contributed by atoms with Crippen LogP contribution in [-0.2, 0) is 65.4 Å². The van der Waals surface area contributed by atoms with Gasteiger partial charge in [-0.15, -0.1) is 0 Å². The lowest BCUT2D eigenvalue weighted by Gasteiger charge is -2.21. The van der Waals surface area contributed by atoms with E-state index in [0.29, 0.717) is 25.7 Å². The summed E-state index contributed by atoms with van der Waals surface area (Å²) in [6.45, 7) is 7.24. The predicted octanol–water partition coefficient (Wildman–Crippen LogP) is 22.9. The molecule has 5 atom stereocenters. The summed E-state index contributed by atoms with van der Waals surface area (Å²) in [6, 6.07) is 0. The molecule has 3 N–H and O–H groups in total. The molecule has 0 amide bonds. The zero-order chi connectivity index (χ0) is 70.5. The molecule has 0 spiro atoms. The average Bonchev–Trinajstić information content (AvgIpc) is 1.23. The number of carbonyl (C=O) groups is 4. The van der Waals surface area contributed by atoms with Crippen molar-refractivity contribution in [3.05, 3.63) is 0 Å². The van der Waals surface area contributed by atoms with Crippen molar-refractivity contribution in [2.45, 2.75) is 425 Å². The molecule has 0 aromatic rings. The number of esters is 4. The lowest BCUT2D eigenvalue weighted by atomic mass is 10.0. The van der Waals surface area contributed by atoms with Crippen LogP contribution in [0.2, 0.25) is 0 Å². The highest BCUT2D eigenvalue weighted by molar-refractivity contribution is 7.47. The number of hydrogen-bond donors (Lipinski definition) is 3. The Morgan fingerprint density at radius 1 is 0.281 bits per heavy atom. The van der Waals surface area contributed by atoms with E-state index in [1.54, 1.807) is 0 Å². The zero-order valence-corrected chi connectivity index (χ0v) is 64.3. The standard InChI is InChI=1S/C77H150O17P2/c1-6-9-12-15-17-19-21-23-25-27-29-34-38-42-46-51-56-61-75(80)88-67-73(94-77(82)63-58-53-48-44-40-36-32-31-33-37-41-45-50-54-59-70(4)5)69-92-96(85,86)90-65-71(78)64-89-95(83,84)91-68-72(66-87-74(79)60-55-49-14-11-8-3)93-76(81)62-57-52-47-43-39-35-30-28-26-24-22-20-18-16-13-10-7-2/h70-73,78H,6-69H2,1-5H3,(H,83,84)(H,85,86)/t71-,72+,73+/m0/s1. The molecule has 19 heteroatoms. The van der Waals surface area contributed by atoms with Crippen LogP contribution in [0, 0.1) is 5.92 Å². The second-order valence-electron chi connectivity index (χ2n) is 28.2. The molecule has 96 heavy (non-hydrogen) atoms. The maximum Gasteiger partial charge on any atom is 0.472 e. The number of phosphoric acid groups is 2. The van der Waals surface area contributed by atoms with Crippen LogP contribution < -0.4 is 0 Å². The van der Waals surface area contributed by atoms with Gasteiger partial charge in [-0.3, -0.25) is 37.3 Å². The van der Waals surface area contributed by atoms with E-state index in [-0.39, 0.29) is 25.7 Å². The summed E-state index contributed by atoms with van der Waals surface area (Å²) in [5, 5.41) is 10.6.